The Kier molecular flexibility index (Phi) is 3.57. The summed E-state index contributed by atoms with van der Waals surface area (Å²) in [5.74, 6) is -0.0643. The number of aliphatic carboxylic acids is 1. The van der Waals surface area contributed by atoms with Crippen LogP contribution in [0.2, 0.25) is 0 Å². The van der Waals surface area contributed by atoms with Crippen molar-refractivity contribution in [3.8, 4) is 0 Å². The summed E-state index contributed by atoms with van der Waals surface area (Å²) in [5.41, 5.74) is 0. The van der Waals surface area contributed by atoms with E-state index in [9.17, 15) is 4.79 Å². The highest BCUT2D eigenvalue weighted by Gasteiger charge is 2.36. The number of carboxylic acid groups (broad SMARTS) is 1. The predicted octanol–water partition coefficient (Wildman–Crippen LogP) is 2.01. The smallest absolute Gasteiger partial charge is 0.307 e. The van der Waals surface area contributed by atoms with Crippen molar-refractivity contribution in [2.24, 2.45) is 11.8 Å². The van der Waals surface area contributed by atoms with E-state index in [0.717, 1.165) is 32.5 Å². The van der Waals surface area contributed by atoms with Crippen molar-refractivity contribution in [3.05, 3.63) is 0 Å². The van der Waals surface area contributed by atoms with Crippen LogP contribution in [0.15, 0.2) is 0 Å². The number of hydrogen-bond donors (Lipinski definition) is 1. The van der Waals surface area contributed by atoms with Crippen molar-refractivity contribution in [2.45, 2.75) is 36.7 Å². The lowest BCUT2D eigenvalue weighted by Crippen LogP contribution is -2.38. The van der Waals surface area contributed by atoms with Crippen LogP contribution in [0.5, 0.6) is 0 Å². The molecule has 0 aromatic rings. The molecule has 3 unspecified atom stereocenters. The highest BCUT2D eigenvalue weighted by Crippen LogP contribution is 2.39. The number of carboxylic acids is 1. The first kappa shape index (κ1) is 11.3. The van der Waals surface area contributed by atoms with Gasteiger partial charge in [-0.2, -0.15) is 0 Å². The topological polar surface area (TPSA) is 46.5 Å². The van der Waals surface area contributed by atoms with E-state index in [2.05, 4.69) is 6.92 Å². The van der Waals surface area contributed by atoms with Crippen molar-refractivity contribution >= 4 is 17.7 Å². The Morgan fingerprint density at radius 2 is 2.13 bits per heavy atom. The Balaban J connectivity index is 1.92. The van der Waals surface area contributed by atoms with Gasteiger partial charge < -0.3 is 9.84 Å². The fourth-order valence-electron chi connectivity index (χ4n) is 2.30. The van der Waals surface area contributed by atoms with Gasteiger partial charge in [0.15, 0.2) is 0 Å². The van der Waals surface area contributed by atoms with E-state index in [1.54, 1.807) is 0 Å². The van der Waals surface area contributed by atoms with Crippen molar-refractivity contribution in [1.82, 2.24) is 0 Å². The minimum atomic E-state index is -0.611. The molecule has 0 aromatic carbocycles. The number of hydrogen-bond acceptors (Lipinski definition) is 3. The van der Waals surface area contributed by atoms with E-state index in [1.807, 2.05) is 11.8 Å². The van der Waals surface area contributed by atoms with Crippen LogP contribution in [0.4, 0.5) is 0 Å². The Morgan fingerprint density at radius 3 is 2.67 bits per heavy atom. The molecule has 2 fully saturated rings. The van der Waals surface area contributed by atoms with Gasteiger partial charge in [0, 0.05) is 5.25 Å². The molecule has 1 N–H and O–H groups in total. The van der Waals surface area contributed by atoms with E-state index in [0.29, 0.717) is 16.4 Å². The van der Waals surface area contributed by atoms with E-state index in [4.69, 9.17) is 9.84 Å². The molecule has 86 valence electrons. The van der Waals surface area contributed by atoms with Crippen LogP contribution in [0.3, 0.4) is 0 Å². The SMILES string of the molecule is CC1CCC(C(=O)O)C(SC2COC2)C1. The summed E-state index contributed by atoms with van der Waals surface area (Å²) in [6.07, 6.45) is 2.97. The molecule has 1 heterocycles. The van der Waals surface area contributed by atoms with Crippen molar-refractivity contribution in [2.75, 3.05) is 13.2 Å². The maximum Gasteiger partial charge on any atom is 0.307 e. The second kappa shape index (κ2) is 4.74. The minimum Gasteiger partial charge on any atom is -0.481 e. The predicted molar refractivity (Wildman–Crippen MR) is 60.1 cm³/mol. The highest BCUT2D eigenvalue weighted by molar-refractivity contribution is 8.00. The lowest BCUT2D eigenvalue weighted by Gasteiger charge is -2.36. The van der Waals surface area contributed by atoms with Gasteiger partial charge in [-0.15, -0.1) is 11.8 Å². The largest absolute Gasteiger partial charge is 0.481 e. The van der Waals surface area contributed by atoms with Crippen LogP contribution in [-0.2, 0) is 9.53 Å². The molecular weight excluding hydrogens is 212 g/mol. The first-order valence-corrected chi connectivity index (χ1v) is 6.57. The quantitative estimate of drug-likeness (QED) is 0.805. The number of carbonyl (C=O) groups is 1. The summed E-state index contributed by atoms with van der Waals surface area (Å²) in [5, 5.41) is 10.0. The van der Waals surface area contributed by atoms with E-state index in [-0.39, 0.29) is 5.92 Å². The fourth-order valence-corrected chi connectivity index (χ4v) is 4.03. The third-order valence-corrected chi connectivity index (χ3v) is 4.87. The average molecular weight is 230 g/mol. The van der Waals surface area contributed by atoms with Gasteiger partial charge in [0.05, 0.1) is 24.4 Å². The van der Waals surface area contributed by atoms with E-state index < -0.39 is 5.97 Å². The highest BCUT2D eigenvalue weighted by atomic mass is 32.2. The zero-order valence-electron chi connectivity index (χ0n) is 9.02. The molecule has 1 saturated heterocycles. The normalized spacial score (nSPS) is 37.3. The Hall–Kier alpha value is -0.220. The molecule has 4 heteroatoms. The third kappa shape index (κ3) is 2.67. The summed E-state index contributed by atoms with van der Waals surface area (Å²) in [4.78, 5) is 11.1. The molecule has 2 aliphatic rings. The van der Waals surface area contributed by atoms with Crippen LogP contribution in [0.25, 0.3) is 0 Å². The Bertz CT molecular complexity index is 240. The van der Waals surface area contributed by atoms with Crippen LogP contribution in [0.1, 0.15) is 26.2 Å². The standard InChI is InChI=1S/C11H18O3S/c1-7-2-3-9(11(12)13)10(4-7)15-8-5-14-6-8/h7-10H,2-6H2,1H3,(H,12,13). The van der Waals surface area contributed by atoms with E-state index >= 15 is 0 Å². The van der Waals surface area contributed by atoms with Gasteiger partial charge in [0.25, 0.3) is 0 Å². The second-order valence-corrected chi connectivity index (χ2v) is 6.24. The second-order valence-electron chi connectivity index (χ2n) is 4.70. The lowest BCUT2D eigenvalue weighted by molar-refractivity contribution is -0.142. The molecule has 3 atom stereocenters. The summed E-state index contributed by atoms with van der Waals surface area (Å²) in [7, 11) is 0. The van der Waals surface area contributed by atoms with Crippen molar-refractivity contribution in [1.29, 1.82) is 0 Å². The van der Waals surface area contributed by atoms with Gasteiger partial charge in [-0.3, -0.25) is 4.79 Å². The molecule has 0 spiro atoms. The molecular formula is C11H18O3S. The first-order valence-electron chi connectivity index (χ1n) is 5.63. The third-order valence-electron chi connectivity index (χ3n) is 3.35. The summed E-state index contributed by atoms with van der Waals surface area (Å²) < 4.78 is 5.13. The van der Waals surface area contributed by atoms with Gasteiger partial charge in [-0.1, -0.05) is 6.92 Å². The van der Waals surface area contributed by atoms with Crippen molar-refractivity contribution in [3.63, 3.8) is 0 Å². The molecule has 15 heavy (non-hydrogen) atoms. The molecule has 3 nitrogen and oxygen atoms in total. The van der Waals surface area contributed by atoms with Crippen molar-refractivity contribution < 1.29 is 14.6 Å². The van der Waals surface area contributed by atoms with Crippen LogP contribution in [0, 0.1) is 11.8 Å². The first-order chi connectivity index (χ1) is 7.16. The monoisotopic (exact) mass is 230 g/mol. The zero-order chi connectivity index (χ0) is 10.8. The van der Waals surface area contributed by atoms with Crippen LogP contribution >= 0.6 is 11.8 Å². The maximum atomic E-state index is 11.1. The summed E-state index contributed by atoms with van der Waals surface area (Å²) in [6, 6.07) is 0. The van der Waals surface area contributed by atoms with Gasteiger partial charge in [0.2, 0.25) is 0 Å². The van der Waals surface area contributed by atoms with Gasteiger partial charge >= 0.3 is 5.97 Å². The number of ether oxygens (including phenoxy) is 1. The van der Waals surface area contributed by atoms with Gasteiger partial charge in [0.1, 0.15) is 0 Å². The number of rotatable bonds is 3. The molecule has 2 rings (SSSR count). The summed E-state index contributed by atoms with van der Waals surface area (Å²) in [6.45, 7) is 3.84. The number of thioether (sulfide) groups is 1. The summed E-state index contributed by atoms with van der Waals surface area (Å²) >= 11 is 1.84. The van der Waals surface area contributed by atoms with Crippen LogP contribution < -0.4 is 0 Å². The molecule has 0 bridgehead atoms. The molecule has 0 aromatic heterocycles. The Morgan fingerprint density at radius 1 is 1.40 bits per heavy atom. The maximum absolute atomic E-state index is 11.1. The van der Waals surface area contributed by atoms with Gasteiger partial charge in [-0.25, -0.2) is 0 Å². The van der Waals surface area contributed by atoms with E-state index in [1.165, 1.54) is 0 Å². The van der Waals surface area contributed by atoms with Gasteiger partial charge in [-0.05, 0) is 25.2 Å². The zero-order valence-corrected chi connectivity index (χ0v) is 9.83. The van der Waals surface area contributed by atoms with Crippen LogP contribution in [-0.4, -0.2) is 34.8 Å². The lowest BCUT2D eigenvalue weighted by atomic mass is 9.82. The minimum absolute atomic E-state index is 0.133. The molecule has 0 radical (unpaired) electrons. The fraction of sp³-hybridized carbons (Fsp3) is 0.909. The molecule has 1 saturated carbocycles. The molecule has 1 aliphatic heterocycles. The average Bonchev–Trinajstić information content (AvgIpc) is 2.11. The molecule has 0 amide bonds. The Labute approximate surface area is 94.6 Å². The molecule has 1 aliphatic carbocycles.